The number of anilines is 2. The Morgan fingerprint density at radius 1 is 0.833 bits per heavy atom. The van der Waals surface area contributed by atoms with Crippen molar-refractivity contribution in [3.05, 3.63) is 102 Å². The van der Waals surface area contributed by atoms with Crippen LogP contribution in [0.2, 0.25) is 0 Å². The first-order valence-electron chi connectivity index (χ1n) is 9.03. The summed E-state index contributed by atoms with van der Waals surface area (Å²) in [6, 6.07) is 17.3. The third kappa shape index (κ3) is 4.39. The zero-order valence-corrected chi connectivity index (χ0v) is 15.6. The molecule has 8 heteroatoms. The summed E-state index contributed by atoms with van der Waals surface area (Å²) in [5.41, 5.74) is 2.11. The Hall–Kier alpha value is -4.33. The summed E-state index contributed by atoms with van der Waals surface area (Å²) < 4.78 is 14.8. The summed E-state index contributed by atoms with van der Waals surface area (Å²) in [7, 11) is 0. The molecule has 0 aliphatic rings. The summed E-state index contributed by atoms with van der Waals surface area (Å²) in [4.78, 5) is 28.8. The molecule has 0 atom stereocenters. The number of carbonyl (C=O) groups is 2. The lowest BCUT2D eigenvalue weighted by atomic mass is 10.2. The molecule has 2 N–H and O–H groups in total. The van der Waals surface area contributed by atoms with Crippen LogP contribution in [-0.4, -0.2) is 26.6 Å². The lowest BCUT2D eigenvalue weighted by Crippen LogP contribution is -2.15. The zero-order chi connectivity index (χ0) is 20.9. The van der Waals surface area contributed by atoms with E-state index in [4.69, 9.17) is 0 Å². The maximum Gasteiger partial charge on any atom is 0.276 e. The van der Waals surface area contributed by atoms with Crippen LogP contribution in [0.25, 0.3) is 5.69 Å². The number of amides is 2. The molecule has 30 heavy (non-hydrogen) atoms. The SMILES string of the molecule is O=C(Nc1ccncc1)c1cccc(NC(=O)c2ccn(-c3cccc(F)c3)n2)c1. The number of carbonyl (C=O) groups excluding carboxylic acids is 2. The van der Waals surface area contributed by atoms with Crippen molar-refractivity contribution in [1.82, 2.24) is 14.8 Å². The number of nitrogens with zero attached hydrogens (tertiary/aromatic N) is 3. The highest BCUT2D eigenvalue weighted by Gasteiger charge is 2.13. The normalized spacial score (nSPS) is 10.4. The van der Waals surface area contributed by atoms with Gasteiger partial charge in [-0.25, -0.2) is 9.07 Å². The van der Waals surface area contributed by atoms with E-state index in [1.54, 1.807) is 67.1 Å². The van der Waals surface area contributed by atoms with Gasteiger partial charge in [0.1, 0.15) is 5.82 Å². The van der Waals surface area contributed by atoms with Gasteiger partial charge in [-0.05, 0) is 54.6 Å². The Labute approximate surface area is 171 Å². The molecule has 4 rings (SSSR count). The second-order valence-electron chi connectivity index (χ2n) is 6.35. The van der Waals surface area contributed by atoms with Crippen LogP contribution >= 0.6 is 0 Å². The molecule has 0 saturated carbocycles. The van der Waals surface area contributed by atoms with E-state index in [1.165, 1.54) is 22.9 Å². The first kappa shape index (κ1) is 19.0. The zero-order valence-electron chi connectivity index (χ0n) is 15.6. The minimum atomic E-state index is -0.447. The maximum atomic E-state index is 13.4. The van der Waals surface area contributed by atoms with Gasteiger partial charge in [-0.2, -0.15) is 5.10 Å². The summed E-state index contributed by atoms with van der Waals surface area (Å²) in [6.45, 7) is 0. The molecule has 0 unspecified atom stereocenters. The highest BCUT2D eigenvalue weighted by Crippen LogP contribution is 2.15. The number of benzene rings is 2. The van der Waals surface area contributed by atoms with Gasteiger partial charge in [0.05, 0.1) is 5.69 Å². The second-order valence-corrected chi connectivity index (χ2v) is 6.35. The van der Waals surface area contributed by atoms with Crippen LogP contribution in [0.1, 0.15) is 20.8 Å². The van der Waals surface area contributed by atoms with Crippen molar-refractivity contribution in [1.29, 1.82) is 0 Å². The molecule has 2 heterocycles. The molecular weight excluding hydrogens is 385 g/mol. The molecule has 0 aliphatic heterocycles. The van der Waals surface area contributed by atoms with Gasteiger partial charge in [-0.15, -0.1) is 0 Å². The first-order valence-corrected chi connectivity index (χ1v) is 9.03. The average Bonchev–Trinajstić information content (AvgIpc) is 3.25. The molecule has 0 spiro atoms. The number of rotatable bonds is 5. The van der Waals surface area contributed by atoms with E-state index in [0.717, 1.165) is 0 Å². The Morgan fingerprint density at radius 2 is 1.60 bits per heavy atom. The van der Waals surface area contributed by atoms with E-state index in [2.05, 4.69) is 20.7 Å². The Morgan fingerprint density at radius 3 is 2.40 bits per heavy atom. The fourth-order valence-electron chi connectivity index (χ4n) is 2.78. The van der Waals surface area contributed by atoms with Gasteiger partial charge < -0.3 is 10.6 Å². The lowest BCUT2D eigenvalue weighted by Gasteiger charge is -2.08. The quantitative estimate of drug-likeness (QED) is 0.531. The van der Waals surface area contributed by atoms with Gasteiger partial charge >= 0.3 is 0 Å². The number of hydrogen-bond donors (Lipinski definition) is 2. The second kappa shape index (κ2) is 8.36. The molecular formula is C22H16FN5O2. The largest absolute Gasteiger partial charge is 0.322 e. The van der Waals surface area contributed by atoms with Crippen molar-refractivity contribution < 1.29 is 14.0 Å². The van der Waals surface area contributed by atoms with Crippen molar-refractivity contribution in [2.75, 3.05) is 10.6 Å². The van der Waals surface area contributed by atoms with Crippen LogP contribution in [0, 0.1) is 5.82 Å². The van der Waals surface area contributed by atoms with Crippen molar-refractivity contribution >= 4 is 23.2 Å². The standard InChI is InChI=1S/C22H16FN5O2/c23-16-4-2-6-19(14-16)28-12-9-20(27-28)22(30)26-18-5-1-3-15(13-18)21(29)25-17-7-10-24-11-8-17/h1-14H,(H,26,30)(H,24,25,29). The van der Waals surface area contributed by atoms with Crippen molar-refractivity contribution in [2.24, 2.45) is 0 Å². The fraction of sp³-hybridized carbons (Fsp3) is 0. The molecule has 0 fully saturated rings. The van der Waals surface area contributed by atoms with Crippen LogP contribution in [0.4, 0.5) is 15.8 Å². The minimum Gasteiger partial charge on any atom is -0.322 e. The molecule has 148 valence electrons. The molecule has 7 nitrogen and oxygen atoms in total. The van der Waals surface area contributed by atoms with Crippen LogP contribution in [0.15, 0.2) is 85.3 Å². The maximum absolute atomic E-state index is 13.4. The number of aromatic nitrogens is 3. The van der Waals surface area contributed by atoms with Crippen LogP contribution in [0.3, 0.4) is 0 Å². The topological polar surface area (TPSA) is 88.9 Å². The molecule has 0 bridgehead atoms. The fourth-order valence-corrected chi connectivity index (χ4v) is 2.78. The van der Waals surface area contributed by atoms with Gasteiger partial charge in [-0.3, -0.25) is 14.6 Å². The van der Waals surface area contributed by atoms with Gasteiger partial charge in [0.25, 0.3) is 11.8 Å². The number of halogens is 1. The van der Waals surface area contributed by atoms with E-state index < -0.39 is 11.7 Å². The van der Waals surface area contributed by atoms with Crippen LogP contribution in [0.5, 0.6) is 0 Å². The van der Waals surface area contributed by atoms with Gasteiger partial charge in [0.15, 0.2) is 5.69 Å². The Balaban J connectivity index is 1.46. The van der Waals surface area contributed by atoms with E-state index in [0.29, 0.717) is 22.6 Å². The summed E-state index contributed by atoms with van der Waals surface area (Å²) in [6.07, 6.45) is 4.73. The van der Waals surface area contributed by atoms with Crippen molar-refractivity contribution in [3.8, 4) is 5.69 Å². The molecule has 0 radical (unpaired) electrons. The van der Waals surface area contributed by atoms with Crippen LogP contribution < -0.4 is 10.6 Å². The highest BCUT2D eigenvalue weighted by molar-refractivity contribution is 6.06. The van der Waals surface area contributed by atoms with Crippen LogP contribution in [-0.2, 0) is 0 Å². The average molecular weight is 401 g/mol. The van der Waals surface area contributed by atoms with E-state index in [-0.39, 0.29) is 11.6 Å². The van der Waals surface area contributed by atoms with Gasteiger partial charge in [-0.1, -0.05) is 12.1 Å². The van der Waals surface area contributed by atoms with E-state index in [1.807, 2.05) is 0 Å². The summed E-state index contributed by atoms with van der Waals surface area (Å²) in [5, 5.41) is 9.66. The molecule has 0 aliphatic carbocycles. The van der Waals surface area contributed by atoms with Crippen molar-refractivity contribution in [2.45, 2.75) is 0 Å². The Bertz CT molecular complexity index is 1210. The third-order valence-electron chi connectivity index (χ3n) is 4.22. The molecule has 2 aromatic heterocycles. The third-order valence-corrected chi connectivity index (χ3v) is 4.22. The molecule has 2 aromatic carbocycles. The predicted octanol–water partition coefficient (Wildman–Crippen LogP) is 3.91. The summed E-state index contributed by atoms with van der Waals surface area (Å²) >= 11 is 0. The number of pyridine rings is 1. The van der Waals surface area contributed by atoms with Gasteiger partial charge in [0.2, 0.25) is 0 Å². The van der Waals surface area contributed by atoms with Gasteiger partial charge in [0, 0.05) is 35.5 Å². The molecule has 2 amide bonds. The van der Waals surface area contributed by atoms with Crippen molar-refractivity contribution in [3.63, 3.8) is 0 Å². The Kier molecular flexibility index (Phi) is 5.29. The predicted molar refractivity (Wildman–Crippen MR) is 110 cm³/mol. The highest BCUT2D eigenvalue weighted by atomic mass is 19.1. The molecule has 4 aromatic rings. The van der Waals surface area contributed by atoms with E-state index in [9.17, 15) is 14.0 Å². The van der Waals surface area contributed by atoms with E-state index >= 15 is 0 Å². The minimum absolute atomic E-state index is 0.158. The summed E-state index contributed by atoms with van der Waals surface area (Å²) in [5.74, 6) is -1.15. The number of hydrogen-bond acceptors (Lipinski definition) is 4. The molecule has 0 saturated heterocycles. The smallest absolute Gasteiger partial charge is 0.276 e. The number of nitrogens with one attached hydrogen (secondary N) is 2. The lowest BCUT2D eigenvalue weighted by molar-refractivity contribution is 0.101. The monoisotopic (exact) mass is 401 g/mol. The first-order chi connectivity index (χ1) is 14.6.